The Bertz CT molecular complexity index is 1850. The van der Waals surface area contributed by atoms with Crippen molar-refractivity contribution in [1.82, 2.24) is 5.32 Å². The van der Waals surface area contributed by atoms with Crippen LogP contribution < -0.4 is 5.32 Å². The molecule has 0 bridgehead atoms. The van der Waals surface area contributed by atoms with Crippen LogP contribution in [-0.2, 0) is 0 Å². The van der Waals surface area contributed by atoms with Crippen LogP contribution in [0.4, 0.5) is 0 Å². The molecule has 7 rings (SSSR count). The van der Waals surface area contributed by atoms with Crippen molar-refractivity contribution in [2.24, 2.45) is 9.98 Å². The number of rotatable bonds is 4. The number of nitrogens with one attached hydrogen (secondary N) is 1. The first kappa shape index (κ1) is 22.5. The second-order valence-corrected chi connectivity index (χ2v) is 9.70. The van der Waals surface area contributed by atoms with E-state index in [0.717, 1.165) is 50.0 Å². The summed E-state index contributed by atoms with van der Waals surface area (Å²) < 4.78 is 6.04. The van der Waals surface area contributed by atoms with Crippen LogP contribution in [0.1, 0.15) is 22.9 Å². The first-order chi connectivity index (χ1) is 18.7. The number of hydrogen-bond acceptors (Lipinski definition) is 4. The zero-order chi connectivity index (χ0) is 25.5. The zero-order valence-corrected chi connectivity index (χ0v) is 21.1. The molecule has 5 heteroatoms. The van der Waals surface area contributed by atoms with E-state index in [1.165, 1.54) is 5.56 Å². The maximum absolute atomic E-state index is 6.34. The molecule has 0 fully saturated rings. The van der Waals surface area contributed by atoms with Gasteiger partial charge in [0.1, 0.15) is 23.2 Å². The Morgan fingerprint density at radius 2 is 1.32 bits per heavy atom. The van der Waals surface area contributed by atoms with Crippen LogP contribution in [0.5, 0.6) is 0 Å². The maximum Gasteiger partial charge on any atom is 0.159 e. The lowest BCUT2D eigenvalue weighted by Gasteiger charge is -2.24. The molecule has 0 radical (unpaired) electrons. The number of furan rings is 1. The van der Waals surface area contributed by atoms with Crippen molar-refractivity contribution in [3.8, 4) is 11.1 Å². The Morgan fingerprint density at radius 1 is 0.605 bits per heavy atom. The Kier molecular flexibility index (Phi) is 5.53. The first-order valence-corrected chi connectivity index (χ1v) is 12.9. The SMILES string of the molecule is Clc1cccc(C2N=C(c3ccc(-c4ccccc4)cc3)N=C(c3ccc4oc5ccccc5c4c3)N2)c1. The quantitative estimate of drug-likeness (QED) is 0.258. The summed E-state index contributed by atoms with van der Waals surface area (Å²) in [6.07, 6.45) is -0.332. The summed E-state index contributed by atoms with van der Waals surface area (Å²) in [5.74, 6) is 1.42. The van der Waals surface area contributed by atoms with Crippen LogP contribution in [0.3, 0.4) is 0 Å². The Morgan fingerprint density at radius 3 is 2.16 bits per heavy atom. The topological polar surface area (TPSA) is 49.9 Å². The normalized spacial score (nSPS) is 15.2. The number of nitrogens with zero attached hydrogens (tertiary/aromatic N) is 2. The monoisotopic (exact) mass is 511 g/mol. The Hall–Kier alpha value is -4.67. The molecule has 0 saturated carbocycles. The summed E-state index contributed by atoms with van der Waals surface area (Å²) in [6.45, 7) is 0. The summed E-state index contributed by atoms with van der Waals surface area (Å²) in [7, 11) is 0. The molecule has 1 aliphatic rings. The molecule has 1 aromatic heterocycles. The van der Waals surface area contributed by atoms with E-state index in [1.54, 1.807) is 0 Å². The molecule has 0 spiro atoms. The molecule has 0 aliphatic carbocycles. The largest absolute Gasteiger partial charge is 0.456 e. The van der Waals surface area contributed by atoms with Crippen LogP contribution in [0.25, 0.3) is 33.1 Å². The van der Waals surface area contributed by atoms with Gasteiger partial charge >= 0.3 is 0 Å². The summed E-state index contributed by atoms with van der Waals surface area (Å²) >= 11 is 6.34. The Labute approximate surface area is 224 Å². The van der Waals surface area contributed by atoms with Gasteiger partial charge in [0.15, 0.2) is 5.84 Å². The van der Waals surface area contributed by atoms with E-state index in [9.17, 15) is 0 Å². The number of aliphatic imine (C=N–C) groups is 2. The van der Waals surface area contributed by atoms with E-state index in [4.69, 9.17) is 26.0 Å². The van der Waals surface area contributed by atoms with Crippen LogP contribution in [-0.4, -0.2) is 11.7 Å². The van der Waals surface area contributed by atoms with Gasteiger partial charge in [0.05, 0.1) is 0 Å². The average molecular weight is 512 g/mol. The average Bonchev–Trinajstić information content (AvgIpc) is 3.35. The zero-order valence-electron chi connectivity index (χ0n) is 20.3. The van der Waals surface area contributed by atoms with E-state index in [-0.39, 0.29) is 6.17 Å². The molecule has 1 unspecified atom stereocenters. The number of fused-ring (bicyclic) bond motifs is 3. The second-order valence-electron chi connectivity index (χ2n) is 9.27. The van der Waals surface area contributed by atoms with Crippen LogP contribution in [0.2, 0.25) is 5.02 Å². The van der Waals surface area contributed by atoms with E-state index in [1.807, 2.05) is 72.8 Å². The smallest absolute Gasteiger partial charge is 0.159 e. The third-order valence-electron chi connectivity index (χ3n) is 6.81. The maximum atomic E-state index is 6.34. The van der Waals surface area contributed by atoms with E-state index >= 15 is 0 Å². The fourth-order valence-corrected chi connectivity index (χ4v) is 5.09. The van der Waals surface area contributed by atoms with Gasteiger partial charge in [-0.1, -0.05) is 96.5 Å². The standard InChI is InChI=1S/C33H22ClN3O/c34-26-10-6-9-24(19-26)32-35-31(23-15-13-22(14-16-23)21-7-2-1-3-8-21)36-33(37-32)25-17-18-30-28(20-25)27-11-4-5-12-29(27)38-30/h1-20,32H,(H,35,36,37). The predicted molar refractivity (Wildman–Crippen MR) is 156 cm³/mol. The highest BCUT2D eigenvalue weighted by Crippen LogP contribution is 2.31. The molecule has 4 nitrogen and oxygen atoms in total. The van der Waals surface area contributed by atoms with Crippen molar-refractivity contribution in [3.05, 3.63) is 143 Å². The molecule has 2 heterocycles. The van der Waals surface area contributed by atoms with Gasteiger partial charge in [-0.25, -0.2) is 9.98 Å². The second kappa shape index (κ2) is 9.33. The molecule has 6 aromatic rings. The van der Waals surface area contributed by atoms with Crippen LogP contribution >= 0.6 is 11.6 Å². The molecule has 38 heavy (non-hydrogen) atoms. The number of amidine groups is 2. The molecule has 0 saturated heterocycles. The third-order valence-corrected chi connectivity index (χ3v) is 7.04. The van der Waals surface area contributed by atoms with Crippen LogP contribution in [0.15, 0.2) is 136 Å². The highest BCUT2D eigenvalue weighted by molar-refractivity contribution is 6.30. The highest BCUT2D eigenvalue weighted by atomic mass is 35.5. The molecule has 0 amide bonds. The number of halogens is 1. The lowest BCUT2D eigenvalue weighted by Crippen LogP contribution is -2.33. The third kappa shape index (κ3) is 4.15. The molecule has 182 valence electrons. The van der Waals surface area contributed by atoms with E-state index in [0.29, 0.717) is 10.9 Å². The Balaban J connectivity index is 1.32. The highest BCUT2D eigenvalue weighted by Gasteiger charge is 2.22. The molecule has 5 aromatic carbocycles. The van der Waals surface area contributed by atoms with Crippen molar-refractivity contribution in [2.45, 2.75) is 6.17 Å². The van der Waals surface area contributed by atoms with Crippen molar-refractivity contribution >= 4 is 45.2 Å². The molecule has 1 atom stereocenters. The lowest BCUT2D eigenvalue weighted by molar-refractivity contribution is 0.668. The van der Waals surface area contributed by atoms with Crippen molar-refractivity contribution in [2.75, 3.05) is 0 Å². The minimum atomic E-state index is -0.332. The van der Waals surface area contributed by atoms with Gasteiger partial charge in [0.25, 0.3) is 0 Å². The summed E-state index contributed by atoms with van der Waals surface area (Å²) in [5.41, 5.74) is 6.93. The molecular formula is C33H22ClN3O. The van der Waals surface area contributed by atoms with Gasteiger partial charge in [0.2, 0.25) is 0 Å². The minimum absolute atomic E-state index is 0.332. The predicted octanol–water partition coefficient (Wildman–Crippen LogP) is 8.40. The summed E-state index contributed by atoms with van der Waals surface area (Å²) in [4.78, 5) is 9.97. The van der Waals surface area contributed by atoms with Crippen molar-refractivity contribution in [3.63, 3.8) is 0 Å². The summed E-state index contributed by atoms with van der Waals surface area (Å²) in [6, 6.07) is 40.8. The van der Waals surface area contributed by atoms with Crippen molar-refractivity contribution in [1.29, 1.82) is 0 Å². The fraction of sp³-hybridized carbons (Fsp3) is 0.0303. The van der Waals surface area contributed by atoms with Gasteiger partial charge in [-0.3, -0.25) is 0 Å². The van der Waals surface area contributed by atoms with Crippen LogP contribution in [0, 0.1) is 0 Å². The van der Waals surface area contributed by atoms with Gasteiger partial charge in [0, 0.05) is 26.9 Å². The molecule has 1 aliphatic heterocycles. The van der Waals surface area contributed by atoms with Gasteiger partial charge in [-0.2, -0.15) is 0 Å². The molecular weight excluding hydrogens is 490 g/mol. The van der Waals surface area contributed by atoms with Gasteiger partial charge in [-0.15, -0.1) is 0 Å². The number of benzene rings is 5. The van der Waals surface area contributed by atoms with Gasteiger partial charge < -0.3 is 9.73 Å². The number of hydrogen-bond donors (Lipinski definition) is 1. The first-order valence-electron chi connectivity index (χ1n) is 12.5. The molecule has 1 N–H and O–H groups in total. The van der Waals surface area contributed by atoms with E-state index < -0.39 is 0 Å². The fourth-order valence-electron chi connectivity index (χ4n) is 4.89. The van der Waals surface area contributed by atoms with Crippen molar-refractivity contribution < 1.29 is 4.42 Å². The number of para-hydroxylation sites is 1. The van der Waals surface area contributed by atoms with Gasteiger partial charge in [-0.05, 0) is 53.1 Å². The summed E-state index contributed by atoms with van der Waals surface area (Å²) in [5, 5.41) is 6.33. The van der Waals surface area contributed by atoms with E-state index in [2.05, 4.69) is 53.8 Å². The lowest BCUT2D eigenvalue weighted by atomic mass is 10.0. The minimum Gasteiger partial charge on any atom is -0.456 e.